The van der Waals surface area contributed by atoms with Gasteiger partial charge in [0.2, 0.25) is 0 Å². The standard InChI is InChI=1S/C29H26F3N5O3/c1-19-6-7-20-16-23(9-10-25(20)33-19)34-28(38)24-5-3-2-4-21(24)18-35-12-14-36(15-13-35)26-11-8-22(29(30,31)32)17-27(26)37(39)40/h2-11,16-17H,12-15,18H2,1H3,(H,34,38). The molecule has 3 aromatic carbocycles. The number of carbonyl (C=O) groups excluding carboxylic acids is 1. The summed E-state index contributed by atoms with van der Waals surface area (Å²) in [6, 6.07) is 19.4. The van der Waals surface area contributed by atoms with Gasteiger partial charge in [-0.2, -0.15) is 13.2 Å². The highest BCUT2D eigenvalue weighted by atomic mass is 19.4. The van der Waals surface area contributed by atoms with Gasteiger partial charge in [0.05, 0.1) is 16.0 Å². The van der Waals surface area contributed by atoms with Crippen LogP contribution in [0.3, 0.4) is 0 Å². The van der Waals surface area contributed by atoms with Crippen LogP contribution in [0.15, 0.2) is 72.8 Å². The number of piperazine rings is 1. The molecule has 4 aromatic rings. The number of hydrogen-bond acceptors (Lipinski definition) is 6. The predicted molar refractivity (Wildman–Crippen MR) is 146 cm³/mol. The summed E-state index contributed by atoms with van der Waals surface area (Å²) in [4.78, 5) is 32.3. The average Bonchev–Trinajstić information content (AvgIpc) is 2.93. The first kappa shape index (κ1) is 27.1. The minimum atomic E-state index is -4.66. The number of nitrogens with zero attached hydrogens (tertiary/aromatic N) is 4. The molecule has 0 radical (unpaired) electrons. The van der Waals surface area contributed by atoms with Gasteiger partial charge in [-0.25, -0.2) is 0 Å². The lowest BCUT2D eigenvalue weighted by molar-refractivity contribution is -0.384. The van der Waals surface area contributed by atoms with Crippen molar-refractivity contribution in [3.05, 3.63) is 105 Å². The zero-order chi connectivity index (χ0) is 28.4. The van der Waals surface area contributed by atoms with Gasteiger partial charge < -0.3 is 10.2 Å². The van der Waals surface area contributed by atoms with E-state index >= 15 is 0 Å². The van der Waals surface area contributed by atoms with E-state index in [1.807, 2.05) is 49.4 Å². The number of amides is 1. The monoisotopic (exact) mass is 549 g/mol. The summed E-state index contributed by atoms with van der Waals surface area (Å²) >= 11 is 0. The van der Waals surface area contributed by atoms with Crippen molar-refractivity contribution in [1.82, 2.24) is 9.88 Å². The molecule has 0 aliphatic carbocycles. The zero-order valence-corrected chi connectivity index (χ0v) is 21.6. The summed E-state index contributed by atoms with van der Waals surface area (Å²) in [5.74, 6) is -0.242. The van der Waals surface area contributed by atoms with Gasteiger partial charge >= 0.3 is 6.18 Å². The van der Waals surface area contributed by atoms with Crippen molar-refractivity contribution < 1.29 is 22.9 Å². The first-order valence-electron chi connectivity index (χ1n) is 12.7. The van der Waals surface area contributed by atoms with Crippen LogP contribution in [-0.2, 0) is 12.7 Å². The van der Waals surface area contributed by atoms with Crippen molar-refractivity contribution in [1.29, 1.82) is 0 Å². The molecule has 1 aliphatic rings. The van der Waals surface area contributed by atoms with Crippen molar-refractivity contribution in [3.8, 4) is 0 Å². The number of carbonyl (C=O) groups is 1. The lowest BCUT2D eigenvalue weighted by atomic mass is 10.1. The Balaban J connectivity index is 1.26. The van der Waals surface area contributed by atoms with Crippen LogP contribution in [0.4, 0.5) is 30.2 Å². The summed E-state index contributed by atoms with van der Waals surface area (Å²) in [7, 11) is 0. The van der Waals surface area contributed by atoms with E-state index in [0.29, 0.717) is 50.0 Å². The number of fused-ring (bicyclic) bond motifs is 1. The minimum Gasteiger partial charge on any atom is -0.363 e. The van der Waals surface area contributed by atoms with Gasteiger partial charge in [-0.1, -0.05) is 24.3 Å². The summed E-state index contributed by atoms with van der Waals surface area (Å²) in [6.45, 7) is 4.23. The van der Waals surface area contributed by atoms with Gasteiger partial charge in [-0.3, -0.25) is 24.8 Å². The number of aryl methyl sites for hydroxylation is 1. The molecule has 1 aliphatic heterocycles. The smallest absolute Gasteiger partial charge is 0.363 e. The van der Waals surface area contributed by atoms with Crippen LogP contribution >= 0.6 is 0 Å². The number of pyridine rings is 1. The fourth-order valence-corrected chi connectivity index (χ4v) is 4.88. The molecule has 1 aromatic heterocycles. The second kappa shape index (κ2) is 10.9. The van der Waals surface area contributed by atoms with E-state index in [1.54, 1.807) is 17.0 Å². The molecule has 0 spiro atoms. The molecule has 5 rings (SSSR count). The third kappa shape index (κ3) is 5.89. The molecular formula is C29H26F3N5O3. The molecule has 1 fully saturated rings. The topological polar surface area (TPSA) is 91.6 Å². The molecular weight excluding hydrogens is 523 g/mol. The number of halogens is 3. The van der Waals surface area contributed by atoms with Gasteiger partial charge in [0.1, 0.15) is 5.69 Å². The predicted octanol–water partition coefficient (Wildman–Crippen LogP) is 6.04. The Bertz CT molecular complexity index is 1580. The molecule has 1 saturated heterocycles. The lowest BCUT2D eigenvalue weighted by Crippen LogP contribution is -2.46. The number of anilines is 2. The van der Waals surface area contributed by atoms with Gasteiger partial charge in [0.15, 0.2) is 0 Å². The van der Waals surface area contributed by atoms with Crippen LogP contribution in [0, 0.1) is 17.0 Å². The Hall–Kier alpha value is -4.51. The Labute approximate surface area is 228 Å². The van der Waals surface area contributed by atoms with Crippen LogP contribution in [0.2, 0.25) is 0 Å². The maximum atomic E-state index is 13.2. The maximum Gasteiger partial charge on any atom is 0.416 e. The highest BCUT2D eigenvalue weighted by Gasteiger charge is 2.34. The lowest BCUT2D eigenvalue weighted by Gasteiger charge is -2.36. The van der Waals surface area contributed by atoms with Crippen LogP contribution in [0.5, 0.6) is 0 Å². The molecule has 11 heteroatoms. The van der Waals surface area contributed by atoms with E-state index in [0.717, 1.165) is 28.2 Å². The van der Waals surface area contributed by atoms with Crippen molar-refractivity contribution in [2.75, 3.05) is 36.4 Å². The number of nitro groups is 1. The van der Waals surface area contributed by atoms with E-state index in [9.17, 15) is 28.1 Å². The van der Waals surface area contributed by atoms with Gasteiger partial charge in [-0.05, 0) is 55.0 Å². The second-order valence-corrected chi connectivity index (χ2v) is 9.69. The molecule has 206 valence electrons. The maximum absolute atomic E-state index is 13.2. The van der Waals surface area contributed by atoms with Crippen LogP contribution in [0.25, 0.3) is 10.9 Å². The molecule has 40 heavy (non-hydrogen) atoms. The van der Waals surface area contributed by atoms with Crippen LogP contribution in [0.1, 0.15) is 27.2 Å². The summed E-state index contributed by atoms with van der Waals surface area (Å²) in [5.41, 5.74) is 2.33. The molecule has 0 bridgehead atoms. The number of hydrogen-bond donors (Lipinski definition) is 1. The van der Waals surface area contributed by atoms with E-state index in [1.165, 1.54) is 6.07 Å². The van der Waals surface area contributed by atoms with Gasteiger partial charge in [0.25, 0.3) is 11.6 Å². The fourth-order valence-electron chi connectivity index (χ4n) is 4.88. The fraction of sp³-hybridized carbons (Fsp3) is 0.241. The normalized spacial score (nSPS) is 14.3. The molecule has 1 amide bonds. The van der Waals surface area contributed by atoms with Gasteiger partial charge in [0, 0.05) is 61.1 Å². The highest BCUT2D eigenvalue weighted by Crippen LogP contribution is 2.37. The molecule has 0 saturated carbocycles. The number of nitrogens with one attached hydrogen (secondary N) is 1. The Morgan fingerprint density at radius 1 is 1.00 bits per heavy atom. The summed E-state index contributed by atoms with van der Waals surface area (Å²) in [5, 5.41) is 15.4. The van der Waals surface area contributed by atoms with Crippen molar-refractivity contribution >= 4 is 33.9 Å². The summed E-state index contributed by atoms with van der Waals surface area (Å²) < 4.78 is 39.2. The largest absolute Gasteiger partial charge is 0.416 e. The third-order valence-corrected chi connectivity index (χ3v) is 6.95. The molecule has 2 heterocycles. The van der Waals surface area contributed by atoms with Crippen LogP contribution in [-0.4, -0.2) is 46.9 Å². The Morgan fingerprint density at radius 3 is 2.48 bits per heavy atom. The Morgan fingerprint density at radius 2 is 1.75 bits per heavy atom. The molecule has 1 N–H and O–H groups in total. The van der Waals surface area contributed by atoms with E-state index in [4.69, 9.17) is 0 Å². The SMILES string of the molecule is Cc1ccc2cc(NC(=O)c3ccccc3CN3CCN(c4ccc(C(F)(F)F)cc4[N+](=O)[O-])CC3)ccc2n1. The quantitative estimate of drug-likeness (QED) is 0.233. The third-order valence-electron chi connectivity index (χ3n) is 6.95. The van der Waals surface area contributed by atoms with E-state index in [2.05, 4.69) is 15.2 Å². The molecule has 0 unspecified atom stereocenters. The van der Waals surface area contributed by atoms with Gasteiger partial charge in [-0.15, -0.1) is 0 Å². The van der Waals surface area contributed by atoms with Crippen molar-refractivity contribution in [2.24, 2.45) is 0 Å². The average molecular weight is 550 g/mol. The highest BCUT2D eigenvalue weighted by molar-refractivity contribution is 6.06. The number of nitro benzene ring substituents is 1. The number of rotatable bonds is 6. The number of alkyl halides is 3. The second-order valence-electron chi connectivity index (χ2n) is 9.69. The molecule has 8 nitrogen and oxygen atoms in total. The minimum absolute atomic E-state index is 0.165. The van der Waals surface area contributed by atoms with E-state index in [-0.39, 0.29) is 11.6 Å². The van der Waals surface area contributed by atoms with Crippen LogP contribution < -0.4 is 10.2 Å². The van der Waals surface area contributed by atoms with Crippen molar-refractivity contribution in [3.63, 3.8) is 0 Å². The molecule has 0 atom stereocenters. The summed E-state index contributed by atoms with van der Waals surface area (Å²) in [6.07, 6.45) is -4.66. The van der Waals surface area contributed by atoms with E-state index < -0.39 is 22.4 Å². The number of aromatic nitrogens is 1. The zero-order valence-electron chi connectivity index (χ0n) is 21.6. The first-order chi connectivity index (χ1) is 19.1. The number of benzene rings is 3. The van der Waals surface area contributed by atoms with Crippen molar-refractivity contribution in [2.45, 2.75) is 19.6 Å². The Kier molecular flexibility index (Phi) is 7.40. The first-order valence-corrected chi connectivity index (χ1v) is 12.7.